The zero-order valence-corrected chi connectivity index (χ0v) is 13.4. The van der Waals surface area contributed by atoms with Gasteiger partial charge in [0.25, 0.3) is 0 Å². The molecule has 0 saturated carbocycles. The number of sulfone groups is 1. The zero-order chi connectivity index (χ0) is 16.8. The number of ether oxygens (including phenoxy) is 3. The fourth-order valence-electron chi connectivity index (χ4n) is 1.80. The molecule has 1 aromatic rings. The van der Waals surface area contributed by atoms with E-state index in [2.05, 4.69) is 4.74 Å². The van der Waals surface area contributed by atoms with Gasteiger partial charge in [-0.1, -0.05) is 18.2 Å². The molecule has 1 atom stereocenters. The molecule has 0 N–H and O–H groups in total. The standard InChI is InChI=1S/C14H18O7S/c1-19-9-11(14(16)20-2)21-13(15)8-10-6-4-5-7-12(10)22(3,17)18/h4-7,11H,8-9H2,1-3H3/t11-/m0/s1. The summed E-state index contributed by atoms with van der Waals surface area (Å²) in [4.78, 5) is 23.4. The van der Waals surface area contributed by atoms with Gasteiger partial charge >= 0.3 is 11.9 Å². The fourth-order valence-corrected chi connectivity index (χ4v) is 2.74. The van der Waals surface area contributed by atoms with E-state index in [1.807, 2.05) is 0 Å². The van der Waals surface area contributed by atoms with Crippen LogP contribution in [0, 0.1) is 0 Å². The van der Waals surface area contributed by atoms with Crippen molar-refractivity contribution in [3.8, 4) is 0 Å². The molecule has 0 radical (unpaired) electrons. The Morgan fingerprint density at radius 1 is 1.18 bits per heavy atom. The topological polar surface area (TPSA) is 96.0 Å². The van der Waals surface area contributed by atoms with Crippen LogP contribution in [0.5, 0.6) is 0 Å². The lowest BCUT2D eigenvalue weighted by Gasteiger charge is -2.15. The Morgan fingerprint density at radius 2 is 1.82 bits per heavy atom. The van der Waals surface area contributed by atoms with Crippen molar-refractivity contribution < 1.29 is 32.2 Å². The highest BCUT2D eigenvalue weighted by Gasteiger charge is 2.24. The first kappa shape index (κ1) is 18.1. The third-order valence-electron chi connectivity index (χ3n) is 2.76. The Morgan fingerprint density at radius 3 is 2.36 bits per heavy atom. The number of benzene rings is 1. The van der Waals surface area contributed by atoms with Gasteiger partial charge in [0.1, 0.15) is 0 Å². The van der Waals surface area contributed by atoms with Crippen LogP contribution in [0.3, 0.4) is 0 Å². The number of hydrogen-bond donors (Lipinski definition) is 0. The maximum absolute atomic E-state index is 11.9. The second-order valence-electron chi connectivity index (χ2n) is 4.51. The van der Waals surface area contributed by atoms with Crippen molar-refractivity contribution in [3.05, 3.63) is 29.8 Å². The summed E-state index contributed by atoms with van der Waals surface area (Å²) in [5, 5.41) is 0. The Bertz CT molecular complexity index is 636. The summed E-state index contributed by atoms with van der Waals surface area (Å²) < 4.78 is 37.6. The first-order chi connectivity index (χ1) is 10.3. The minimum Gasteiger partial charge on any atom is -0.466 e. The van der Waals surface area contributed by atoms with Crippen LogP contribution in [-0.4, -0.2) is 53.5 Å². The first-order valence-electron chi connectivity index (χ1n) is 6.33. The molecule has 0 spiro atoms. The van der Waals surface area contributed by atoms with Gasteiger partial charge in [-0.15, -0.1) is 0 Å². The van der Waals surface area contributed by atoms with Crippen LogP contribution < -0.4 is 0 Å². The van der Waals surface area contributed by atoms with Gasteiger partial charge in [0, 0.05) is 13.4 Å². The van der Waals surface area contributed by atoms with Crippen molar-refractivity contribution in [3.63, 3.8) is 0 Å². The number of rotatable bonds is 7. The number of carbonyl (C=O) groups is 2. The molecule has 122 valence electrons. The summed E-state index contributed by atoms with van der Waals surface area (Å²) in [6.45, 7) is -0.147. The minimum absolute atomic E-state index is 0.0494. The number of methoxy groups -OCH3 is 2. The molecule has 0 aliphatic heterocycles. The van der Waals surface area contributed by atoms with Gasteiger partial charge in [0.05, 0.1) is 25.0 Å². The molecule has 8 heteroatoms. The highest BCUT2D eigenvalue weighted by Crippen LogP contribution is 2.16. The third-order valence-corrected chi connectivity index (χ3v) is 3.96. The summed E-state index contributed by atoms with van der Waals surface area (Å²) in [7, 11) is -0.948. The molecule has 0 aliphatic carbocycles. The van der Waals surface area contributed by atoms with Crippen molar-refractivity contribution in [2.75, 3.05) is 27.1 Å². The Labute approximate surface area is 129 Å². The van der Waals surface area contributed by atoms with Crippen LogP contribution in [0.2, 0.25) is 0 Å². The quantitative estimate of drug-likeness (QED) is 0.666. The molecule has 0 bridgehead atoms. The van der Waals surface area contributed by atoms with Crippen LogP contribution in [-0.2, 0) is 40.1 Å². The lowest BCUT2D eigenvalue weighted by atomic mass is 10.1. The molecule has 0 heterocycles. The van der Waals surface area contributed by atoms with E-state index in [0.717, 1.165) is 13.4 Å². The summed E-state index contributed by atoms with van der Waals surface area (Å²) >= 11 is 0. The summed E-state index contributed by atoms with van der Waals surface area (Å²) in [5.41, 5.74) is 0.302. The maximum atomic E-state index is 11.9. The fraction of sp³-hybridized carbons (Fsp3) is 0.429. The lowest BCUT2D eigenvalue weighted by molar-refractivity contribution is -0.169. The highest BCUT2D eigenvalue weighted by atomic mass is 32.2. The number of hydrogen-bond acceptors (Lipinski definition) is 7. The van der Waals surface area contributed by atoms with Crippen molar-refractivity contribution in [2.45, 2.75) is 17.4 Å². The van der Waals surface area contributed by atoms with Crippen LogP contribution in [0.4, 0.5) is 0 Å². The van der Waals surface area contributed by atoms with E-state index in [9.17, 15) is 18.0 Å². The second-order valence-corrected chi connectivity index (χ2v) is 6.50. The van der Waals surface area contributed by atoms with Crippen molar-refractivity contribution in [2.24, 2.45) is 0 Å². The van der Waals surface area contributed by atoms with Gasteiger partial charge in [-0.3, -0.25) is 4.79 Å². The van der Waals surface area contributed by atoms with Gasteiger partial charge < -0.3 is 14.2 Å². The van der Waals surface area contributed by atoms with E-state index in [0.29, 0.717) is 5.56 Å². The van der Waals surface area contributed by atoms with Crippen LogP contribution in [0.25, 0.3) is 0 Å². The molecule has 1 aromatic carbocycles. The molecule has 0 fully saturated rings. The van der Waals surface area contributed by atoms with Crippen LogP contribution >= 0.6 is 0 Å². The number of esters is 2. The molecular formula is C14H18O7S. The zero-order valence-electron chi connectivity index (χ0n) is 12.6. The van der Waals surface area contributed by atoms with Gasteiger partial charge in [-0.05, 0) is 11.6 Å². The monoisotopic (exact) mass is 330 g/mol. The van der Waals surface area contributed by atoms with E-state index in [4.69, 9.17) is 9.47 Å². The van der Waals surface area contributed by atoms with Crippen molar-refractivity contribution >= 4 is 21.8 Å². The van der Waals surface area contributed by atoms with E-state index in [-0.39, 0.29) is 17.9 Å². The van der Waals surface area contributed by atoms with Gasteiger partial charge in [-0.2, -0.15) is 0 Å². The smallest absolute Gasteiger partial charge is 0.349 e. The maximum Gasteiger partial charge on any atom is 0.349 e. The average molecular weight is 330 g/mol. The van der Waals surface area contributed by atoms with Crippen LogP contribution in [0.1, 0.15) is 5.56 Å². The molecule has 7 nitrogen and oxygen atoms in total. The Hall–Kier alpha value is -1.93. The first-order valence-corrected chi connectivity index (χ1v) is 8.23. The lowest BCUT2D eigenvalue weighted by Crippen LogP contribution is -2.33. The molecular weight excluding hydrogens is 312 g/mol. The largest absolute Gasteiger partial charge is 0.466 e. The van der Waals surface area contributed by atoms with Crippen LogP contribution in [0.15, 0.2) is 29.2 Å². The molecule has 0 saturated heterocycles. The van der Waals surface area contributed by atoms with E-state index < -0.39 is 27.9 Å². The molecule has 0 aliphatic rings. The average Bonchev–Trinajstić information content (AvgIpc) is 2.45. The van der Waals surface area contributed by atoms with E-state index >= 15 is 0 Å². The predicted molar refractivity (Wildman–Crippen MR) is 77.0 cm³/mol. The third kappa shape index (κ3) is 5.12. The normalized spacial score (nSPS) is 12.5. The molecule has 0 amide bonds. The van der Waals surface area contributed by atoms with E-state index in [1.165, 1.54) is 19.2 Å². The second kappa shape index (κ2) is 7.90. The predicted octanol–water partition coefficient (Wildman–Crippen LogP) is 0.364. The SMILES string of the molecule is COC[C@H](OC(=O)Cc1ccccc1S(C)(=O)=O)C(=O)OC. The minimum atomic E-state index is -3.46. The van der Waals surface area contributed by atoms with E-state index in [1.54, 1.807) is 12.1 Å². The molecule has 0 unspecified atom stereocenters. The van der Waals surface area contributed by atoms with Gasteiger partial charge in [0.15, 0.2) is 9.84 Å². The van der Waals surface area contributed by atoms with Gasteiger partial charge in [-0.25, -0.2) is 13.2 Å². The molecule has 0 aromatic heterocycles. The summed E-state index contributed by atoms with van der Waals surface area (Å²) in [5.74, 6) is -1.49. The Balaban J connectivity index is 2.87. The highest BCUT2D eigenvalue weighted by molar-refractivity contribution is 7.90. The van der Waals surface area contributed by atoms with Crippen molar-refractivity contribution in [1.29, 1.82) is 0 Å². The van der Waals surface area contributed by atoms with Gasteiger partial charge in [0.2, 0.25) is 6.10 Å². The summed E-state index contributed by atoms with van der Waals surface area (Å²) in [6.07, 6.45) is -0.410. The Kier molecular flexibility index (Phi) is 6.51. The molecule has 1 rings (SSSR count). The number of carbonyl (C=O) groups excluding carboxylic acids is 2. The molecule has 22 heavy (non-hydrogen) atoms. The summed E-state index contributed by atoms with van der Waals surface area (Å²) in [6, 6.07) is 6.10. The van der Waals surface area contributed by atoms with Crippen molar-refractivity contribution in [1.82, 2.24) is 0 Å².